The molecule has 6 heteroatoms. The van der Waals surface area contributed by atoms with E-state index in [0.717, 1.165) is 56.3 Å². The summed E-state index contributed by atoms with van der Waals surface area (Å²) in [6, 6.07) is 13.1. The predicted octanol–water partition coefficient (Wildman–Crippen LogP) is 7.53. The van der Waals surface area contributed by atoms with Crippen molar-refractivity contribution in [2.75, 3.05) is 19.7 Å². The molecule has 1 amide bonds. The summed E-state index contributed by atoms with van der Waals surface area (Å²) in [5.74, 6) is 2.47. The Bertz CT molecular complexity index is 1100. The average Bonchev–Trinajstić information content (AvgIpc) is 3.69. The van der Waals surface area contributed by atoms with Gasteiger partial charge in [0.1, 0.15) is 24.0 Å². The number of Topliss-reactive ketones (excluding diaryl/α,β-unsaturated/α-hetero) is 1. The van der Waals surface area contributed by atoms with E-state index in [0.29, 0.717) is 54.6 Å². The molecular formula is C33H44FNO4. The van der Waals surface area contributed by atoms with Crippen LogP contribution in [0.2, 0.25) is 0 Å². The highest BCUT2D eigenvalue weighted by Crippen LogP contribution is 2.49. The van der Waals surface area contributed by atoms with Crippen molar-refractivity contribution in [2.24, 2.45) is 23.7 Å². The molecule has 2 fully saturated rings. The number of ether oxygens (including phenoxy) is 2. The van der Waals surface area contributed by atoms with Crippen LogP contribution in [0, 0.1) is 36.4 Å². The highest BCUT2D eigenvalue weighted by molar-refractivity contribution is 5.81. The van der Waals surface area contributed by atoms with Crippen molar-refractivity contribution in [1.29, 1.82) is 0 Å². The quantitative estimate of drug-likeness (QED) is 0.265. The Morgan fingerprint density at radius 3 is 2.59 bits per heavy atom. The highest BCUT2D eigenvalue weighted by Gasteiger charge is 2.43. The molecule has 1 aliphatic carbocycles. The van der Waals surface area contributed by atoms with Crippen LogP contribution in [0.1, 0.15) is 75.5 Å². The summed E-state index contributed by atoms with van der Waals surface area (Å²) in [5.41, 5.74) is 2.20. The van der Waals surface area contributed by atoms with Gasteiger partial charge in [-0.1, -0.05) is 57.0 Å². The number of hydrogen-bond acceptors (Lipinski definition) is 4. The Balaban J connectivity index is 1.19. The summed E-state index contributed by atoms with van der Waals surface area (Å²) in [6.07, 6.45) is 6.54. The van der Waals surface area contributed by atoms with Crippen LogP contribution in [-0.2, 0) is 22.6 Å². The van der Waals surface area contributed by atoms with E-state index in [-0.39, 0.29) is 24.1 Å². The van der Waals surface area contributed by atoms with Crippen LogP contribution in [0.15, 0.2) is 42.5 Å². The van der Waals surface area contributed by atoms with Crippen molar-refractivity contribution in [3.8, 4) is 5.75 Å². The fourth-order valence-corrected chi connectivity index (χ4v) is 6.11. The molecule has 0 N–H and O–H groups in total. The van der Waals surface area contributed by atoms with Crippen LogP contribution in [0.5, 0.6) is 5.75 Å². The standard InChI is InChI=1S/C33H44FNO4/c1-4-8-23(2)17-28(36)21-30-31(34)18-24(3)19-32(30)38-16-13-27-20-29(27)26-11-14-35(15-12-26)33(37)39-22-25-9-6-5-7-10-25/h5-7,9-10,18-19,23,26-27,29H,4,8,11-17,20-22H2,1-3H3. The van der Waals surface area contributed by atoms with Gasteiger partial charge in [0.2, 0.25) is 0 Å². The number of carbonyl (C=O) groups is 2. The first kappa shape index (κ1) is 29.1. The summed E-state index contributed by atoms with van der Waals surface area (Å²) < 4.78 is 26.4. The Morgan fingerprint density at radius 1 is 1.13 bits per heavy atom. The molecule has 0 radical (unpaired) electrons. The third-order valence-electron chi connectivity index (χ3n) is 8.36. The van der Waals surface area contributed by atoms with Gasteiger partial charge in [-0.15, -0.1) is 0 Å². The largest absolute Gasteiger partial charge is 0.493 e. The zero-order chi connectivity index (χ0) is 27.8. The number of halogens is 1. The number of ketones is 1. The maximum atomic E-state index is 14.8. The van der Waals surface area contributed by atoms with Crippen molar-refractivity contribution in [3.05, 3.63) is 65.0 Å². The Labute approximate surface area is 233 Å². The molecule has 3 atom stereocenters. The van der Waals surface area contributed by atoms with Crippen LogP contribution in [-0.4, -0.2) is 36.5 Å². The third-order valence-corrected chi connectivity index (χ3v) is 8.36. The summed E-state index contributed by atoms with van der Waals surface area (Å²) in [7, 11) is 0. The van der Waals surface area contributed by atoms with Crippen molar-refractivity contribution in [1.82, 2.24) is 4.90 Å². The summed E-state index contributed by atoms with van der Waals surface area (Å²) in [4.78, 5) is 26.9. The maximum absolute atomic E-state index is 14.8. The van der Waals surface area contributed by atoms with Gasteiger partial charge in [-0.3, -0.25) is 4.79 Å². The topological polar surface area (TPSA) is 55.8 Å². The first-order chi connectivity index (χ1) is 18.8. The molecule has 5 nitrogen and oxygen atoms in total. The van der Waals surface area contributed by atoms with Gasteiger partial charge in [-0.2, -0.15) is 0 Å². The SMILES string of the molecule is CCCC(C)CC(=O)Cc1c(F)cc(C)cc1OCCC1CC1C1CCN(C(=O)OCc2ccccc2)CC1. The second kappa shape index (κ2) is 14.0. The molecule has 39 heavy (non-hydrogen) atoms. The molecule has 1 saturated heterocycles. The second-order valence-corrected chi connectivity index (χ2v) is 11.7. The first-order valence-corrected chi connectivity index (χ1v) is 14.7. The van der Waals surface area contributed by atoms with E-state index in [1.165, 1.54) is 12.5 Å². The van der Waals surface area contributed by atoms with Crippen LogP contribution in [0.3, 0.4) is 0 Å². The molecule has 4 rings (SSSR count). The van der Waals surface area contributed by atoms with Gasteiger partial charge < -0.3 is 14.4 Å². The summed E-state index contributed by atoms with van der Waals surface area (Å²) in [6.45, 7) is 8.38. The van der Waals surface area contributed by atoms with Gasteiger partial charge in [0.15, 0.2) is 0 Å². The number of amides is 1. The lowest BCUT2D eigenvalue weighted by molar-refractivity contribution is -0.119. The molecule has 2 aliphatic rings. The molecule has 212 valence electrons. The van der Waals surface area contributed by atoms with Crippen molar-refractivity contribution < 1.29 is 23.5 Å². The lowest BCUT2D eigenvalue weighted by atomic mass is 9.91. The zero-order valence-electron chi connectivity index (χ0n) is 23.8. The van der Waals surface area contributed by atoms with E-state index in [4.69, 9.17) is 9.47 Å². The number of benzene rings is 2. The molecular weight excluding hydrogens is 493 g/mol. The Kier molecular flexibility index (Phi) is 10.4. The average molecular weight is 538 g/mol. The second-order valence-electron chi connectivity index (χ2n) is 11.7. The van der Waals surface area contributed by atoms with Crippen molar-refractivity contribution >= 4 is 11.9 Å². The minimum Gasteiger partial charge on any atom is -0.493 e. The number of carbonyl (C=O) groups excluding carboxylic acids is 2. The lowest BCUT2D eigenvalue weighted by Crippen LogP contribution is -2.39. The van der Waals surface area contributed by atoms with Crippen LogP contribution < -0.4 is 4.74 Å². The van der Waals surface area contributed by atoms with Gasteiger partial charge in [0.05, 0.1) is 6.61 Å². The van der Waals surface area contributed by atoms with Crippen molar-refractivity contribution in [3.63, 3.8) is 0 Å². The summed E-state index contributed by atoms with van der Waals surface area (Å²) >= 11 is 0. The number of piperidine rings is 1. The maximum Gasteiger partial charge on any atom is 0.410 e. The molecule has 0 spiro atoms. The summed E-state index contributed by atoms with van der Waals surface area (Å²) in [5, 5.41) is 0. The van der Waals surface area contributed by atoms with E-state index in [9.17, 15) is 14.0 Å². The predicted molar refractivity (Wildman–Crippen MR) is 151 cm³/mol. The van der Waals surface area contributed by atoms with E-state index in [1.54, 1.807) is 0 Å². The van der Waals surface area contributed by atoms with Gasteiger partial charge in [-0.25, -0.2) is 9.18 Å². The first-order valence-electron chi connectivity index (χ1n) is 14.7. The fraction of sp³-hybridized carbons (Fsp3) is 0.576. The Hall–Kier alpha value is -2.89. The number of rotatable bonds is 13. The van der Waals surface area contributed by atoms with Crippen molar-refractivity contribution in [2.45, 2.75) is 78.7 Å². The monoisotopic (exact) mass is 537 g/mol. The zero-order valence-corrected chi connectivity index (χ0v) is 23.8. The van der Waals surface area contributed by atoms with E-state index < -0.39 is 0 Å². The minimum atomic E-state index is -0.347. The minimum absolute atomic E-state index is 0.0705. The molecule has 2 aromatic rings. The number of aryl methyl sites for hydroxylation is 1. The third kappa shape index (κ3) is 8.55. The van der Waals surface area contributed by atoms with Crippen LogP contribution >= 0.6 is 0 Å². The number of hydrogen-bond donors (Lipinski definition) is 0. The van der Waals surface area contributed by atoms with Gasteiger partial charge in [0, 0.05) is 31.5 Å². The van der Waals surface area contributed by atoms with Crippen LogP contribution in [0.4, 0.5) is 9.18 Å². The molecule has 0 bridgehead atoms. The molecule has 2 aromatic carbocycles. The molecule has 0 aromatic heterocycles. The molecule has 1 aliphatic heterocycles. The molecule has 1 heterocycles. The van der Waals surface area contributed by atoms with Crippen LogP contribution in [0.25, 0.3) is 0 Å². The fourth-order valence-electron chi connectivity index (χ4n) is 6.11. The number of nitrogens with zero attached hydrogens (tertiary/aromatic N) is 1. The van der Waals surface area contributed by atoms with E-state index in [2.05, 4.69) is 13.8 Å². The number of likely N-dealkylation sites (tertiary alicyclic amines) is 1. The van der Waals surface area contributed by atoms with E-state index in [1.807, 2.05) is 48.2 Å². The normalized spacial score (nSPS) is 19.9. The van der Waals surface area contributed by atoms with Gasteiger partial charge >= 0.3 is 6.09 Å². The van der Waals surface area contributed by atoms with Gasteiger partial charge in [0.25, 0.3) is 0 Å². The highest BCUT2D eigenvalue weighted by atomic mass is 19.1. The van der Waals surface area contributed by atoms with Gasteiger partial charge in [-0.05, 0) is 79.5 Å². The lowest BCUT2D eigenvalue weighted by Gasteiger charge is -2.31. The Morgan fingerprint density at radius 2 is 1.87 bits per heavy atom. The van der Waals surface area contributed by atoms with E-state index >= 15 is 0 Å². The molecule has 3 unspecified atom stereocenters. The molecule has 1 saturated carbocycles. The smallest absolute Gasteiger partial charge is 0.410 e.